The Morgan fingerprint density at radius 1 is 0.283 bits per heavy atom. The number of fused-ring (bicyclic) bond motifs is 6. The zero-order valence-corrected chi connectivity index (χ0v) is 34.2. The second-order valence-corrected chi connectivity index (χ2v) is 15.9. The molecular weight excluding hydrogens is 723 g/mol. The largest absolute Gasteiger partial charge is 0.309 e. The van der Waals surface area contributed by atoms with Crippen LogP contribution in [0.2, 0.25) is 0 Å². The van der Waals surface area contributed by atoms with E-state index in [2.05, 4.69) is 226 Å². The molecule has 1 heteroatoms. The van der Waals surface area contributed by atoms with Crippen molar-refractivity contribution in [2.45, 2.75) is 20.8 Å². The smallest absolute Gasteiger partial charge is 0.0541 e. The number of aryl methyl sites for hydroxylation is 3. The van der Waals surface area contributed by atoms with Crippen LogP contribution in [-0.4, -0.2) is 4.57 Å². The van der Waals surface area contributed by atoms with Gasteiger partial charge in [0.05, 0.1) is 11.0 Å². The van der Waals surface area contributed by atoms with Crippen molar-refractivity contribution >= 4 is 43.4 Å². The van der Waals surface area contributed by atoms with Crippen LogP contribution >= 0.6 is 0 Å². The monoisotopic (exact) mass is 767 g/mol. The maximum absolute atomic E-state index is 2.41. The number of hydrogen-bond donors (Lipinski definition) is 0. The molecule has 0 saturated heterocycles. The van der Waals surface area contributed by atoms with Crippen molar-refractivity contribution in [3.63, 3.8) is 0 Å². The molecule has 0 saturated carbocycles. The van der Waals surface area contributed by atoms with E-state index in [0.29, 0.717) is 0 Å². The van der Waals surface area contributed by atoms with E-state index in [9.17, 15) is 0 Å². The zero-order valence-electron chi connectivity index (χ0n) is 34.2. The average Bonchev–Trinajstić information content (AvgIpc) is 3.63. The van der Waals surface area contributed by atoms with E-state index in [1.54, 1.807) is 0 Å². The fraction of sp³-hybridized carbons (Fsp3) is 0.0508. The van der Waals surface area contributed by atoms with Gasteiger partial charge < -0.3 is 4.57 Å². The summed E-state index contributed by atoms with van der Waals surface area (Å²) in [7, 11) is 0. The van der Waals surface area contributed by atoms with Crippen molar-refractivity contribution in [2.24, 2.45) is 0 Å². The Balaban J connectivity index is 0.000000564. The quantitative estimate of drug-likeness (QED) is 0.154. The summed E-state index contributed by atoms with van der Waals surface area (Å²) in [4.78, 5) is 0. The van der Waals surface area contributed by atoms with Crippen LogP contribution < -0.4 is 0 Å². The highest BCUT2D eigenvalue weighted by atomic mass is 15.0. The van der Waals surface area contributed by atoms with E-state index in [-0.39, 0.29) is 0 Å². The van der Waals surface area contributed by atoms with Gasteiger partial charge in [0.2, 0.25) is 0 Å². The Hall–Kier alpha value is -7.48. The van der Waals surface area contributed by atoms with E-state index in [1.807, 2.05) is 18.2 Å². The number of para-hydroxylation sites is 1. The first-order valence-corrected chi connectivity index (χ1v) is 20.8. The summed E-state index contributed by atoms with van der Waals surface area (Å²) in [6, 6.07) is 79.3. The Morgan fingerprint density at radius 3 is 1.52 bits per heavy atom. The van der Waals surface area contributed by atoms with Crippen LogP contribution in [0, 0.1) is 20.8 Å². The fourth-order valence-electron chi connectivity index (χ4n) is 8.92. The standard InChI is InChI=1S/C52H37N.C7H8/c1-34-11-3-5-13-43(34)44-29-25-39(31-35(44)2)36-19-21-37(22-20-36)40-26-30-52-50(32-40)48-17-9-10-18-51(48)53(52)42-27-23-38(24-28-42)49-33-41-12-4-6-14-45(41)46-15-7-8-16-47(46)49;1-7-5-3-2-4-6-7/h3-33H,1-2H3;2-6H,1H3. The Morgan fingerprint density at radius 2 is 0.817 bits per heavy atom. The second kappa shape index (κ2) is 15.7. The van der Waals surface area contributed by atoms with Crippen LogP contribution in [0.15, 0.2) is 218 Å². The zero-order chi connectivity index (χ0) is 40.6. The molecule has 0 aliphatic carbocycles. The summed E-state index contributed by atoms with van der Waals surface area (Å²) >= 11 is 0. The molecule has 0 amide bonds. The minimum atomic E-state index is 1.16. The molecule has 0 unspecified atom stereocenters. The molecule has 0 atom stereocenters. The van der Waals surface area contributed by atoms with E-state index in [4.69, 9.17) is 0 Å². The SMILES string of the molecule is Cc1ccccc1.Cc1ccccc1-c1ccc(-c2ccc(-c3ccc4c(c3)c3ccccc3n4-c3ccc(-c4cc5ccccc5c5ccccc45)cc3)cc2)cc1C. The first kappa shape index (κ1) is 36.8. The highest BCUT2D eigenvalue weighted by Crippen LogP contribution is 2.39. The van der Waals surface area contributed by atoms with Gasteiger partial charge in [-0.2, -0.15) is 0 Å². The summed E-state index contributed by atoms with van der Waals surface area (Å²) in [5.41, 5.74) is 17.5. The van der Waals surface area contributed by atoms with Gasteiger partial charge in [0.1, 0.15) is 0 Å². The highest BCUT2D eigenvalue weighted by molar-refractivity contribution is 6.14. The van der Waals surface area contributed by atoms with E-state index in [1.165, 1.54) is 105 Å². The summed E-state index contributed by atoms with van der Waals surface area (Å²) in [6.45, 7) is 6.48. The molecule has 1 nitrogen and oxygen atoms in total. The molecule has 0 aliphatic heterocycles. The van der Waals surface area contributed by atoms with Gasteiger partial charge in [-0.25, -0.2) is 0 Å². The molecular formula is C59H45N. The van der Waals surface area contributed by atoms with Gasteiger partial charge >= 0.3 is 0 Å². The van der Waals surface area contributed by atoms with Crippen molar-refractivity contribution in [2.75, 3.05) is 0 Å². The lowest BCUT2D eigenvalue weighted by atomic mass is 9.93. The van der Waals surface area contributed by atoms with Crippen molar-refractivity contribution < 1.29 is 0 Å². The van der Waals surface area contributed by atoms with Crippen molar-refractivity contribution in [1.29, 1.82) is 0 Å². The van der Waals surface area contributed by atoms with Gasteiger partial charge in [-0.15, -0.1) is 0 Å². The molecule has 10 aromatic carbocycles. The topological polar surface area (TPSA) is 4.93 Å². The van der Waals surface area contributed by atoms with Crippen molar-refractivity contribution in [1.82, 2.24) is 4.57 Å². The lowest BCUT2D eigenvalue weighted by Crippen LogP contribution is -1.94. The lowest BCUT2D eigenvalue weighted by molar-refractivity contribution is 1.18. The lowest BCUT2D eigenvalue weighted by Gasteiger charge is -2.13. The first-order valence-electron chi connectivity index (χ1n) is 20.8. The molecule has 0 N–H and O–H groups in total. The summed E-state index contributed by atoms with van der Waals surface area (Å²) in [5, 5.41) is 7.65. The second-order valence-electron chi connectivity index (χ2n) is 15.9. The number of rotatable bonds is 5. The van der Waals surface area contributed by atoms with Crippen LogP contribution in [0.3, 0.4) is 0 Å². The highest BCUT2D eigenvalue weighted by Gasteiger charge is 2.15. The van der Waals surface area contributed by atoms with Gasteiger partial charge in [0, 0.05) is 16.5 Å². The van der Waals surface area contributed by atoms with E-state index in [0.717, 1.165) is 5.69 Å². The number of aromatic nitrogens is 1. The van der Waals surface area contributed by atoms with Crippen LogP contribution in [0.1, 0.15) is 16.7 Å². The van der Waals surface area contributed by atoms with E-state index < -0.39 is 0 Å². The average molecular weight is 768 g/mol. The molecule has 1 heterocycles. The Kier molecular flexibility index (Phi) is 9.64. The van der Waals surface area contributed by atoms with Crippen molar-refractivity contribution in [3.05, 3.63) is 235 Å². The molecule has 0 aliphatic rings. The summed E-state index contributed by atoms with van der Waals surface area (Å²) < 4.78 is 2.41. The molecule has 1 aromatic heterocycles. The third-order valence-corrected chi connectivity index (χ3v) is 12.0. The van der Waals surface area contributed by atoms with Gasteiger partial charge in [-0.3, -0.25) is 0 Å². The molecule has 11 aromatic rings. The number of benzene rings is 10. The van der Waals surface area contributed by atoms with Crippen molar-refractivity contribution in [3.8, 4) is 50.2 Å². The van der Waals surface area contributed by atoms with E-state index >= 15 is 0 Å². The molecule has 60 heavy (non-hydrogen) atoms. The minimum absolute atomic E-state index is 1.16. The molecule has 0 bridgehead atoms. The predicted octanol–water partition coefficient (Wildman–Crippen LogP) is 16.4. The normalized spacial score (nSPS) is 11.2. The van der Waals surface area contributed by atoms with Gasteiger partial charge in [-0.1, -0.05) is 188 Å². The van der Waals surface area contributed by atoms with Crippen LogP contribution in [0.5, 0.6) is 0 Å². The van der Waals surface area contributed by atoms with Gasteiger partial charge in [-0.05, 0) is 134 Å². The maximum Gasteiger partial charge on any atom is 0.0541 e. The fourth-order valence-corrected chi connectivity index (χ4v) is 8.92. The minimum Gasteiger partial charge on any atom is -0.309 e. The van der Waals surface area contributed by atoms with Gasteiger partial charge in [0.25, 0.3) is 0 Å². The molecule has 286 valence electrons. The molecule has 11 rings (SSSR count). The van der Waals surface area contributed by atoms with Gasteiger partial charge in [0.15, 0.2) is 0 Å². The summed E-state index contributed by atoms with van der Waals surface area (Å²) in [6.07, 6.45) is 0. The number of hydrogen-bond acceptors (Lipinski definition) is 0. The van der Waals surface area contributed by atoms with Crippen LogP contribution in [0.4, 0.5) is 0 Å². The van der Waals surface area contributed by atoms with Crippen LogP contribution in [-0.2, 0) is 0 Å². The Bertz CT molecular complexity index is 3310. The molecule has 0 spiro atoms. The maximum atomic E-state index is 2.41. The molecule has 0 fully saturated rings. The molecule has 0 radical (unpaired) electrons. The summed E-state index contributed by atoms with van der Waals surface area (Å²) in [5.74, 6) is 0. The first-order chi connectivity index (χ1) is 29.5. The number of nitrogens with zero attached hydrogens (tertiary/aromatic N) is 1. The Labute approximate surface area is 352 Å². The third kappa shape index (κ3) is 6.85. The third-order valence-electron chi connectivity index (χ3n) is 12.0. The van der Waals surface area contributed by atoms with Crippen LogP contribution in [0.25, 0.3) is 93.5 Å². The predicted molar refractivity (Wildman–Crippen MR) is 258 cm³/mol.